The number of sulfone groups is 1. The van der Waals surface area contributed by atoms with Crippen LogP contribution in [0, 0.1) is 11.7 Å². The molecule has 112 valence electrons. The maximum absolute atomic E-state index is 13.4. The SMILES string of the molecule is CCCNC(CC1CCS(=O)(=O)C1)c1cccc(F)c1. The van der Waals surface area contributed by atoms with Gasteiger partial charge >= 0.3 is 0 Å². The molecular weight excluding hydrogens is 277 g/mol. The van der Waals surface area contributed by atoms with E-state index >= 15 is 0 Å². The molecule has 1 aliphatic rings. The normalized spacial score (nSPS) is 22.8. The second-order valence-corrected chi connectivity index (χ2v) is 7.80. The van der Waals surface area contributed by atoms with Gasteiger partial charge in [0.2, 0.25) is 0 Å². The molecule has 3 nitrogen and oxygen atoms in total. The van der Waals surface area contributed by atoms with Crippen molar-refractivity contribution in [2.75, 3.05) is 18.1 Å². The van der Waals surface area contributed by atoms with Gasteiger partial charge in [-0.2, -0.15) is 0 Å². The molecule has 20 heavy (non-hydrogen) atoms. The second kappa shape index (κ2) is 6.68. The number of nitrogens with one attached hydrogen (secondary N) is 1. The standard InChI is InChI=1S/C15H22FNO2S/c1-2-7-17-15(13-4-3-5-14(16)10-13)9-12-6-8-20(18,19)11-12/h3-5,10,12,15,17H,2,6-9,11H2,1H3. The smallest absolute Gasteiger partial charge is 0.150 e. The maximum Gasteiger partial charge on any atom is 0.150 e. The number of halogens is 1. The molecule has 2 unspecified atom stereocenters. The highest BCUT2D eigenvalue weighted by Crippen LogP contribution is 2.29. The third kappa shape index (κ3) is 4.28. The summed E-state index contributed by atoms with van der Waals surface area (Å²) in [6, 6.07) is 6.61. The fraction of sp³-hybridized carbons (Fsp3) is 0.600. The number of rotatable bonds is 6. The summed E-state index contributed by atoms with van der Waals surface area (Å²) in [5, 5.41) is 3.41. The summed E-state index contributed by atoms with van der Waals surface area (Å²) in [7, 11) is -2.85. The first-order chi connectivity index (χ1) is 9.50. The van der Waals surface area contributed by atoms with Gasteiger partial charge in [-0.25, -0.2) is 12.8 Å². The third-order valence-electron chi connectivity index (χ3n) is 3.79. The Bertz CT molecular complexity index is 545. The van der Waals surface area contributed by atoms with Gasteiger partial charge in [0.05, 0.1) is 11.5 Å². The Morgan fingerprint density at radius 3 is 2.85 bits per heavy atom. The highest BCUT2D eigenvalue weighted by Gasteiger charge is 2.30. The molecule has 0 saturated carbocycles. The van der Waals surface area contributed by atoms with E-state index in [4.69, 9.17) is 0 Å². The molecule has 1 fully saturated rings. The summed E-state index contributed by atoms with van der Waals surface area (Å²) < 4.78 is 36.5. The van der Waals surface area contributed by atoms with E-state index in [2.05, 4.69) is 12.2 Å². The molecule has 1 saturated heterocycles. The molecule has 0 amide bonds. The Morgan fingerprint density at radius 2 is 2.25 bits per heavy atom. The summed E-state index contributed by atoms with van der Waals surface area (Å²) >= 11 is 0. The zero-order valence-electron chi connectivity index (χ0n) is 11.8. The fourth-order valence-corrected chi connectivity index (χ4v) is 4.65. The molecule has 1 heterocycles. The molecule has 2 atom stereocenters. The van der Waals surface area contributed by atoms with Crippen molar-refractivity contribution in [2.24, 2.45) is 5.92 Å². The predicted octanol–water partition coefficient (Wildman–Crippen LogP) is 2.69. The van der Waals surface area contributed by atoms with Crippen molar-refractivity contribution in [2.45, 2.75) is 32.2 Å². The summed E-state index contributed by atoms with van der Waals surface area (Å²) in [5.74, 6) is 0.496. The number of benzene rings is 1. The van der Waals surface area contributed by atoms with Crippen LogP contribution in [0.25, 0.3) is 0 Å². The van der Waals surface area contributed by atoms with Crippen LogP contribution in [0.1, 0.15) is 37.8 Å². The predicted molar refractivity (Wildman–Crippen MR) is 78.8 cm³/mol. The third-order valence-corrected chi connectivity index (χ3v) is 5.62. The van der Waals surface area contributed by atoms with Gasteiger partial charge in [-0.15, -0.1) is 0 Å². The van der Waals surface area contributed by atoms with Crippen molar-refractivity contribution >= 4 is 9.84 Å². The Kier molecular flexibility index (Phi) is 5.16. The highest BCUT2D eigenvalue weighted by molar-refractivity contribution is 7.91. The molecule has 1 aromatic rings. The lowest BCUT2D eigenvalue weighted by Gasteiger charge is -2.22. The summed E-state index contributed by atoms with van der Waals surface area (Å²) in [6.07, 6.45) is 2.47. The first kappa shape index (κ1) is 15.4. The van der Waals surface area contributed by atoms with Crippen LogP contribution in [0.5, 0.6) is 0 Å². The lowest BCUT2D eigenvalue weighted by atomic mass is 9.94. The minimum atomic E-state index is -2.85. The van der Waals surface area contributed by atoms with Crippen molar-refractivity contribution in [3.63, 3.8) is 0 Å². The molecule has 1 aromatic carbocycles. The molecule has 0 radical (unpaired) electrons. The van der Waals surface area contributed by atoms with E-state index in [-0.39, 0.29) is 23.5 Å². The van der Waals surface area contributed by atoms with Gasteiger partial charge in [-0.3, -0.25) is 0 Å². The van der Waals surface area contributed by atoms with Crippen molar-refractivity contribution in [1.29, 1.82) is 0 Å². The van der Waals surface area contributed by atoms with Gasteiger partial charge in [-0.05, 0) is 49.4 Å². The van der Waals surface area contributed by atoms with Crippen LogP contribution >= 0.6 is 0 Å². The highest BCUT2D eigenvalue weighted by atomic mass is 32.2. The van der Waals surface area contributed by atoms with E-state index < -0.39 is 9.84 Å². The Morgan fingerprint density at radius 1 is 1.45 bits per heavy atom. The van der Waals surface area contributed by atoms with Crippen molar-refractivity contribution in [1.82, 2.24) is 5.32 Å². The van der Waals surface area contributed by atoms with Crippen molar-refractivity contribution in [3.05, 3.63) is 35.6 Å². The molecule has 1 aliphatic heterocycles. The van der Waals surface area contributed by atoms with Crippen molar-refractivity contribution < 1.29 is 12.8 Å². The van der Waals surface area contributed by atoms with Crippen LogP contribution in [0.3, 0.4) is 0 Å². The first-order valence-corrected chi connectivity index (χ1v) is 9.01. The lowest BCUT2D eigenvalue weighted by molar-refractivity contribution is 0.413. The molecule has 0 bridgehead atoms. The van der Waals surface area contributed by atoms with Crippen LogP contribution in [0.4, 0.5) is 4.39 Å². The first-order valence-electron chi connectivity index (χ1n) is 7.19. The van der Waals surface area contributed by atoms with Gasteiger partial charge in [0.15, 0.2) is 9.84 Å². The van der Waals surface area contributed by atoms with Gasteiger partial charge in [0, 0.05) is 6.04 Å². The van der Waals surface area contributed by atoms with Crippen molar-refractivity contribution in [3.8, 4) is 0 Å². The number of hydrogen-bond acceptors (Lipinski definition) is 3. The van der Waals surface area contributed by atoms with E-state index in [1.807, 2.05) is 6.07 Å². The minimum Gasteiger partial charge on any atom is -0.310 e. The molecule has 1 N–H and O–H groups in total. The minimum absolute atomic E-state index is 0.0314. The molecule has 0 spiro atoms. The Hall–Kier alpha value is -0.940. The van der Waals surface area contributed by atoms with Gasteiger partial charge in [-0.1, -0.05) is 19.1 Å². The zero-order valence-corrected chi connectivity index (χ0v) is 12.6. The van der Waals surface area contributed by atoms with Gasteiger partial charge < -0.3 is 5.32 Å². The topological polar surface area (TPSA) is 46.2 Å². The molecule has 0 aliphatic carbocycles. The summed E-state index contributed by atoms with van der Waals surface area (Å²) in [6.45, 7) is 2.93. The summed E-state index contributed by atoms with van der Waals surface area (Å²) in [5.41, 5.74) is 0.905. The average molecular weight is 299 g/mol. The van der Waals surface area contributed by atoms with E-state index in [9.17, 15) is 12.8 Å². The average Bonchev–Trinajstić information content (AvgIpc) is 2.74. The Balaban J connectivity index is 2.08. The molecule has 2 rings (SSSR count). The largest absolute Gasteiger partial charge is 0.310 e. The molecule has 0 aromatic heterocycles. The number of hydrogen-bond donors (Lipinski definition) is 1. The van der Waals surface area contributed by atoms with Crippen LogP contribution in [0.15, 0.2) is 24.3 Å². The van der Waals surface area contributed by atoms with E-state index in [0.29, 0.717) is 5.75 Å². The molecular formula is C15H22FNO2S. The van der Waals surface area contributed by atoms with E-state index in [1.165, 1.54) is 12.1 Å². The van der Waals surface area contributed by atoms with Gasteiger partial charge in [0.25, 0.3) is 0 Å². The summed E-state index contributed by atoms with van der Waals surface area (Å²) in [4.78, 5) is 0. The molecule has 5 heteroatoms. The van der Waals surface area contributed by atoms with Crippen LogP contribution in [0.2, 0.25) is 0 Å². The maximum atomic E-state index is 13.4. The Labute approximate surface area is 120 Å². The monoisotopic (exact) mass is 299 g/mol. The van der Waals surface area contributed by atoms with E-state index in [1.54, 1.807) is 6.07 Å². The lowest BCUT2D eigenvalue weighted by Crippen LogP contribution is -2.25. The zero-order chi connectivity index (χ0) is 14.6. The van der Waals surface area contributed by atoms with Crippen LogP contribution in [-0.2, 0) is 9.84 Å². The van der Waals surface area contributed by atoms with Gasteiger partial charge in [0.1, 0.15) is 5.82 Å². The van der Waals surface area contributed by atoms with Crippen LogP contribution < -0.4 is 5.32 Å². The second-order valence-electron chi connectivity index (χ2n) is 5.57. The van der Waals surface area contributed by atoms with Crippen LogP contribution in [-0.4, -0.2) is 26.5 Å². The fourth-order valence-electron chi connectivity index (χ4n) is 2.77. The quantitative estimate of drug-likeness (QED) is 0.878. The van der Waals surface area contributed by atoms with E-state index in [0.717, 1.165) is 31.4 Å².